The SMILES string of the molecule is COC(=O)COc1cc([C@H]2CC(=O)Oc3ccc4c(=O)c(-c5ccc(OC)c(OC)c5)coc4c32)ccc1OC. The number of methoxy groups -OCH3 is 4. The maximum absolute atomic E-state index is 13.7. The first-order chi connectivity index (χ1) is 19.4. The Bertz CT molecular complexity index is 1670. The minimum atomic E-state index is -0.558. The van der Waals surface area contributed by atoms with E-state index in [1.165, 1.54) is 34.7 Å². The summed E-state index contributed by atoms with van der Waals surface area (Å²) in [5.41, 5.74) is 2.20. The number of rotatable bonds is 8. The fraction of sp³-hybridized carbons (Fsp3) is 0.233. The molecule has 10 heteroatoms. The molecule has 1 aromatic heterocycles. The van der Waals surface area contributed by atoms with Gasteiger partial charge in [-0.3, -0.25) is 9.59 Å². The van der Waals surface area contributed by atoms with Crippen LogP contribution < -0.4 is 29.1 Å². The van der Waals surface area contributed by atoms with E-state index >= 15 is 0 Å². The van der Waals surface area contributed by atoms with Crippen LogP contribution in [-0.2, 0) is 14.3 Å². The zero-order valence-electron chi connectivity index (χ0n) is 22.3. The van der Waals surface area contributed by atoms with Crippen molar-refractivity contribution < 1.29 is 42.4 Å². The standard InChI is InChI=1S/C30H26O10/c1-34-21-8-6-17(11-24(21)36-3)20-14-39-30-18(29(20)33)7-10-23-28(30)19(13-26(31)40-23)16-5-9-22(35-2)25(12-16)38-15-27(32)37-4/h5-12,14,19H,13,15H2,1-4H3/t19-/m1/s1. The van der Waals surface area contributed by atoms with Crippen molar-refractivity contribution in [2.24, 2.45) is 0 Å². The molecule has 1 atom stereocenters. The third-order valence-electron chi connectivity index (χ3n) is 6.74. The largest absolute Gasteiger partial charge is 0.493 e. The third-order valence-corrected chi connectivity index (χ3v) is 6.74. The predicted octanol–water partition coefficient (Wildman–Crippen LogP) is 4.48. The summed E-state index contributed by atoms with van der Waals surface area (Å²) >= 11 is 0. The summed E-state index contributed by atoms with van der Waals surface area (Å²) in [6.07, 6.45) is 1.38. The van der Waals surface area contributed by atoms with Gasteiger partial charge in [-0.15, -0.1) is 0 Å². The van der Waals surface area contributed by atoms with Crippen LogP contribution in [0.2, 0.25) is 0 Å². The Hall–Kier alpha value is -4.99. The van der Waals surface area contributed by atoms with Crippen LogP contribution in [0.15, 0.2) is 64.0 Å². The van der Waals surface area contributed by atoms with Crippen molar-refractivity contribution >= 4 is 22.9 Å². The molecular weight excluding hydrogens is 520 g/mol. The van der Waals surface area contributed by atoms with Gasteiger partial charge in [0.25, 0.3) is 0 Å². The zero-order valence-corrected chi connectivity index (χ0v) is 22.3. The van der Waals surface area contributed by atoms with Crippen molar-refractivity contribution in [2.45, 2.75) is 12.3 Å². The molecular formula is C30H26O10. The number of benzene rings is 3. The van der Waals surface area contributed by atoms with Gasteiger partial charge in [-0.25, -0.2) is 4.79 Å². The Labute approximate surface area is 228 Å². The highest BCUT2D eigenvalue weighted by molar-refractivity contribution is 5.90. The van der Waals surface area contributed by atoms with E-state index in [1.807, 2.05) is 0 Å². The van der Waals surface area contributed by atoms with Crippen LogP contribution in [0.25, 0.3) is 22.1 Å². The lowest BCUT2D eigenvalue weighted by molar-refractivity contribution is -0.143. The second-order valence-corrected chi connectivity index (χ2v) is 8.91. The van der Waals surface area contributed by atoms with Crippen LogP contribution in [0.1, 0.15) is 23.5 Å². The second kappa shape index (κ2) is 11.0. The fourth-order valence-electron chi connectivity index (χ4n) is 4.76. The van der Waals surface area contributed by atoms with Crippen LogP contribution >= 0.6 is 0 Å². The highest BCUT2D eigenvalue weighted by Crippen LogP contribution is 2.44. The number of hydrogen-bond donors (Lipinski definition) is 0. The van der Waals surface area contributed by atoms with E-state index in [0.29, 0.717) is 62.0 Å². The number of esters is 2. The van der Waals surface area contributed by atoms with Gasteiger partial charge in [0.15, 0.2) is 29.6 Å². The van der Waals surface area contributed by atoms with Gasteiger partial charge in [0, 0.05) is 11.5 Å². The van der Waals surface area contributed by atoms with Crippen molar-refractivity contribution in [3.05, 3.63) is 76.1 Å². The molecule has 2 heterocycles. The minimum absolute atomic E-state index is 0.00394. The highest BCUT2D eigenvalue weighted by Gasteiger charge is 2.33. The second-order valence-electron chi connectivity index (χ2n) is 8.91. The molecule has 40 heavy (non-hydrogen) atoms. The molecule has 0 saturated heterocycles. The molecule has 1 aliphatic heterocycles. The molecule has 0 spiro atoms. The van der Waals surface area contributed by atoms with Crippen molar-refractivity contribution in [3.63, 3.8) is 0 Å². The van der Waals surface area contributed by atoms with E-state index in [1.54, 1.807) is 48.5 Å². The Kier molecular flexibility index (Phi) is 7.33. The van der Waals surface area contributed by atoms with Gasteiger partial charge in [0.05, 0.1) is 45.8 Å². The Morgan fingerprint density at radius 3 is 2.33 bits per heavy atom. The summed E-state index contributed by atoms with van der Waals surface area (Å²) in [5, 5.41) is 0.324. The Balaban J connectivity index is 1.62. The molecule has 0 fully saturated rings. The van der Waals surface area contributed by atoms with E-state index in [4.69, 9.17) is 28.1 Å². The number of carbonyl (C=O) groups excluding carboxylic acids is 2. The molecule has 0 unspecified atom stereocenters. The molecule has 0 radical (unpaired) electrons. The molecule has 0 N–H and O–H groups in total. The number of ether oxygens (including phenoxy) is 6. The normalized spacial score (nSPS) is 14.2. The predicted molar refractivity (Wildman–Crippen MR) is 144 cm³/mol. The molecule has 0 bridgehead atoms. The molecule has 206 valence electrons. The van der Waals surface area contributed by atoms with E-state index in [2.05, 4.69) is 4.74 Å². The maximum Gasteiger partial charge on any atom is 0.343 e. The fourth-order valence-corrected chi connectivity index (χ4v) is 4.76. The third kappa shape index (κ3) is 4.79. The minimum Gasteiger partial charge on any atom is -0.493 e. The van der Waals surface area contributed by atoms with Crippen LogP contribution in [0, 0.1) is 0 Å². The quantitative estimate of drug-likeness (QED) is 0.231. The summed E-state index contributed by atoms with van der Waals surface area (Å²) in [6.45, 7) is -0.323. The lowest BCUT2D eigenvalue weighted by Gasteiger charge is -2.26. The average Bonchev–Trinajstić information content (AvgIpc) is 2.98. The van der Waals surface area contributed by atoms with E-state index in [0.717, 1.165) is 0 Å². The lowest BCUT2D eigenvalue weighted by Crippen LogP contribution is -2.22. The Morgan fingerprint density at radius 2 is 1.60 bits per heavy atom. The maximum atomic E-state index is 13.7. The van der Waals surface area contributed by atoms with Crippen molar-refractivity contribution in [1.82, 2.24) is 0 Å². The molecule has 3 aromatic carbocycles. The summed E-state index contributed by atoms with van der Waals surface area (Å²) in [7, 11) is 5.79. The molecule has 0 aliphatic carbocycles. The first-order valence-electron chi connectivity index (χ1n) is 12.3. The first-order valence-corrected chi connectivity index (χ1v) is 12.3. The summed E-state index contributed by atoms with van der Waals surface area (Å²) in [5.74, 6) is 0.473. The van der Waals surface area contributed by atoms with Crippen molar-refractivity contribution in [2.75, 3.05) is 35.0 Å². The van der Waals surface area contributed by atoms with Gasteiger partial charge in [-0.1, -0.05) is 12.1 Å². The molecule has 4 aromatic rings. The summed E-state index contributed by atoms with van der Waals surface area (Å²) in [4.78, 5) is 37.9. The number of fused-ring (bicyclic) bond motifs is 3. The molecule has 10 nitrogen and oxygen atoms in total. The van der Waals surface area contributed by atoms with E-state index < -0.39 is 17.9 Å². The smallest absolute Gasteiger partial charge is 0.343 e. The monoisotopic (exact) mass is 546 g/mol. The van der Waals surface area contributed by atoms with Crippen LogP contribution in [-0.4, -0.2) is 47.0 Å². The Morgan fingerprint density at radius 1 is 0.875 bits per heavy atom. The zero-order chi connectivity index (χ0) is 28.4. The molecule has 1 aliphatic rings. The van der Waals surface area contributed by atoms with Gasteiger partial charge < -0.3 is 32.8 Å². The summed E-state index contributed by atoms with van der Waals surface area (Å²) < 4.78 is 37.9. The van der Waals surface area contributed by atoms with Gasteiger partial charge in [-0.2, -0.15) is 0 Å². The topological polar surface area (TPSA) is 120 Å². The van der Waals surface area contributed by atoms with Gasteiger partial charge in [-0.05, 0) is 47.5 Å². The van der Waals surface area contributed by atoms with E-state index in [-0.39, 0.29) is 18.5 Å². The summed E-state index contributed by atoms with van der Waals surface area (Å²) in [6, 6.07) is 13.5. The average molecular weight is 547 g/mol. The van der Waals surface area contributed by atoms with Crippen LogP contribution in [0.4, 0.5) is 0 Å². The number of carbonyl (C=O) groups is 2. The van der Waals surface area contributed by atoms with Crippen molar-refractivity contribution in [3.8, 4) is 39.9 Å². The van der Waals surface area contributed by atoms with Gasteiger partial charge in [0.1, 0.15) is 17.6 Å². The van der Waals surface area contributed by atoms with Crippen LogP contribution in [0.3, 0.4) is 0 Å². The first kappa shape index (κ1) is 26.6. The lowest BCUT2D eigenvalue weighted by atomic mass is 9.85. The van der Waals surface area contributed by atoms with Crippen molar-refractivity contribution in [1.29, 1.82) is 0 Å². The van der Waals surface area contributed by atoms with Gasteiger partial charge >= 0.3 is 11.9 Å². The van der Waals surface area contributed by atoms with Gasteiger partial charge in [0.2, 0.25) is 5.43 Å². The molecule has 5 rings (SSSR count). The highest BCUT2D eigenvalue weighted by atomic mass is 16.6. The van der Waals surface area contributed by atoms with Crippen LogP contribution in [0.5, 0.6) is 28.7 Å². The molecule has 0 amide bonds. The van der Waals surface area contributed by atoms with E-state index in [9.17, 15) is 14.4 Å². The molecule has 0 saturated carbocycles. The number of hydrogen-bond acceptors (Lipinski definition) is 10.